The van der Waals surface area contributed by atoms with Crippen molar-refractivity contribution in [2.75, 3.05) is 11.9 Å². The van der Waals surface area contributed by atoms with Crippen LogP contribution in [-0.2, 0) is 13.1 Å². The molecule has 0 bridgehead atoms. The van der Waals surface area contributed by atoms with Gasteiger partial charge >= 0.3 is 0 Å². The van der Waals surface area contributed by atoms with Crippen molar-refractivity contribution in [2.45, 2.75) is 32.0 Å². The average Bonchev–Trinajstić information content (AvgIpc) is 3.15. The molecule has 0 amide bonds. The molecule has 0 unspecified atom stereocenters. The van der Waals surface area contributed by atoms with Crippen LogP contribution in [0, 0.1) is 0 Å². The molecule has 0 atom stereocenters. The minimum Gasteiger partial charge on any atom is -0.333 e. The summed E-state index contributed by atoms with van der Waals surface area (Å²) in [5.74, 6) is 0.855. The average molecular weight is 274 g/mol. The minimum atomic E-state index is 0.620. The Morgan fingerprint density at radius 1 is 1.32 bits per heavy atom. The SMILES string of the molecule is CNCc1cnc(N(Cc2ccsc2)C2CC2)nc1. The van der Waals surface area contributed by atoms with Gasteiger partial charge in [-0.3, -0.25) is 0 Å². The van der Waals surface area contributed by atoms with Gasteiger partial charge in [-0.2, -0.15) is 11.3 Å². The fourth-order valence-electron chi connectivity index (χ4n) is 2.12. The van der Waals surface area contributed by atoms with Crippen LogP contribution in [-0.4, -0.2) is 23.1 Å². The Morgan fingerprint density at radius 3 is 2.68 bits per heavy atom. The summed E-state index contributed by atoms with van der Waals surface area (Å²) < 4.78 is 0. The summed E-state index contributed by atoms with van der Waals surface area (Å²) in [5.41, 5.74) is 2.47. The van der Waals surface area contributed by atoms with Crippen molar-refractivity contribution in [3.8, 4) is 0 Å². The van der Waals surface area contributed by atoms with E-state index in [0.29, 0.717) is 6.04 Å². The molecule has 0 spiro atoms. The second-order valence-corrected chi connectivity index (χ2v) is 5.69. The van der Waals surface area contributed by atoms with Gasteiger partial charge in [0.1, 0.15) is 0 Å². The highest BCUT2D eigenvalue weighted by Gasteiger charge is 2.30. The number of nitrogens with zero attached hydrogens (tertiary/aromatic N) is 3. The van der Waals surface area contributed by atoms with E-state index in [9.17, 15) is 0 Å². The molecule has 19 heavy (non-hydrogen) atoms. The maximum absolute atomic E-state index is 4.52. The van der Waals surface area contributed by atoms with Crippen molar-refractivity contribution >= 4 is 17.3 Å². The van der Waals surface area contributed by atoms with Crippen molar-refractivity contribution in [3.63, 3.8) is 0 Å². The molecule has 1 fully saturated rings. The van der Waals surface area contributed by atoms with E-state index in [1.165, 1.54) is 18.4 Å². The highest BCUT2D eigenvalue weighted by Crippen LogP contribution is 2.31. The van der Waals surface area contributed by atoms with Gasteiger partial charge in [-0.1, -0.05) is 0 Å². The van der Waals surface area contributed by atoms with E-state index in [0.717, 1.165) is 24.6 Å². The van der Waals surface area contributed by atoms with Crippen LogP contribution < -0.4 is 10.2 Å². The van der Waals surface area contributed by atoms with Gasteiger partial charge < -0.3 is 10.2 Å². The molecule has 100 valence electrons. The molecular formula is C14H18N4S. The standard InChI is InChI=1S/C14H18N4S/c1-15-6-12-7-16-14(17-8-12)18(13-2-3-13)9-11-4-5-19-10-11/h4-5,7-8,10,13,15H,2-3,6,9H2,1H3. The van der Waals surface area contributed by atoms with Crippen LogP contribution in [0.5, 0.6) is 0 Å². The van der Waals surface area contributed by atoms with Gasteiger partial charge in [0, 0.05) is 37.1 Å². The summed E-state index contributed by atoms with van der Waals surface area (Å²) in [6, 6.07) is 2.80. The molecule has 2 heterocycles. The number of anilines is 1. The van der Waals surface area contributed by atoms with Crippen molar-refractivity contribution < 1.29 is 0 Å². The van der Waals surface area contributed by atoms with E-state index in [1.54, 1.807) is 11.3 Å². The quantitative estimate of drug-likeness (QED) is 0.878. The van der Waals surface area contributed by atoms with Crippen LogP contribution in [0.2, 0.25) is 0 Å². The molecular weight excluding hydrogens is 256 g/mol. The van der Waals surface area contributed by atoms with Gasteiger partial charge in [0.2, 0.25) is 5.95 Å². The lowest BCUT2D eigenvalue weighted by atomic mass is 10.3. The number of rotatable bonds is 6. The molecule has 1 saturated carbocycles. The topological polar surface area (TPSA) is 41.1 Å². The van der Waals surface area contributed by atoms with E-state index in [2.05, 4.69) is 37.0 Å². The Morgan fingerprint density at radius 2 is 2.11 bits per heavy atom. The van der Waals surface area contributed by atoms with Crippen LogP contribution in [0.3, 0.4) is 0 Å². The Bertz CT molecular complexity index is 505. The number of nitrogens with one attached hydrogen (secondary N) is 1. The lowest BCUT2D eigenvalue weighted by Crippen LogP contribution is -2.26. The second kappa shape index (κ2) is 5.67. The molecule has 5 heteroatoms. The van der Waals surface area contributed by atoms with E-state index in [1.807, 2.05) is 19.4 Å². The van der Waals surface area contributed by atoms with Crippen LogP contribution in [0.25, 0.3) is 0 Å². The molecule has 2 aromatic rings. The van der Waals surface area contributed by atoms with Gasteiger partial charge in [0.05, 0.1) is 0 Å². The fourth-order valence-corrected chi connectivity index (χ4v) is 2.78. The van der Waals surface area contributed by atoms with Gasteiger partial charge in [0.25, 0.3) is 0 Å². The first-order chi connectivity index (χ1) is 9.36. The van der Waals surface area contributed by atoms with E-state index in [4.69, 9.17) is 0 Å². The zero-order valence-electron chi connectivity index (χ0n) is 11.0. The highest BCUT2D eigenvalue weighted by molar-refractivity contribution is 7.07. The zero-order valence-corrected chi connectivity index (χ0v) is 11.9. The molecule has 0 saturated heterocycles. The van der Waals surface area contributed by atoms with Crippen LogP contribution >= 0.6 is 11.3 Å². The molecule has 1 aliphatic rings. The minimum absolute atomic E-state index is 0.620. The zero-order chi connectivity index (χ0) is 13.1. The summed E-state index contributed by atoms with van der Waals surface area (Å²) >= 11 is 1.74. The monoisotopic (exact) mass is 274 g/mol. The molecule has 0 aromatic carbocycles. The normalized spacial score (nSPS) is 14.6. The third kappa shape index (κ3) is 3.11. The predicted octanol–water partition coefficient (Wildman–Crippen LogP) is 2.43. The Balaban J connectivity index is 1.76. The summed E-state index contributed by atoms with van der Waals surface area (Å²) in [5, 5.41) is 7.43. The number of hydrogen-bond acceptors (Lipinski definition) is 5. The first-order valence-corrected chi connectivity index (χ1v) is 7.54. The smallest absolute Gasteiger partial charge is 0.225 e. The van der Waals surface area contributed by atoms with Crippen molar-refractivity contribution in [3.05, 3.63) is 40.3 Å². The lowest BCUT2D eigenvalue weighted by molar-refractivity contribution is 0.750. The summed E-state index contributed by atoms with van der Waals surface area (Å²) in [4.78, 5) is 11.4. The summed E-state index contributed by atoms with van der Waals surface area (Å²) in [6.07, 6.45) is 6.35. The van der Waals surface area contributed by atoms with Gasteiger partial charge in [-0.05, 0) is 42.3 Å². The molecule has 1 aliphatic carbocycles. The maximum atomic E-state index is 4.52. The Labute approximate surface area is 117 Å². The van der Waals surface area contributed by atoms with Gasteiger partial charge in [-0.25, -0.2) is 9.97 Å². The molecule has 1 N–H and O–H groups in total. The predicted molar refractivity (Wildman–Crippen MR) is 78.3 cm³/mol. The van der Waals surface area contributed by atoms with Crippen LogP contribution in [0.4, 0.5) is 5.95 Å². The third-order valence-corrected chi connectivity index (χ3v) is 3.98. The molecule has 0 aliphatic heterocycles. The van der Waals surface area contributed by atoms with Crippen molar-refractivity contribution in [1.29, 1.82) is 0 Å². The molecule has 3 rings (SSSR count). The van der Waals surface area contributed by atoms with Crippen LogP contribution in [0.1, 0.15) is 24.0 Å². The first kappa shape index (κ1) is 12.6. The van der Waals surface area contributed by atoms with E-state index >= 15 is 0 Å². The van der Waals surface area contributed by atoms with Crippen molar-refractivity contribution in [2.24, 2.45) is 0 Å². The van der Waals surface area contributed by atoms with Crippen LogP contribution in [0.15, 0.2) is 29.2 Å². The largest absolute Gasteiger partial charge is 0.333 e. The maximum Gasteiger partial charge on any atom is 0.225 e. The summed E-state index contributed by atoms with van der Waals surface area (Å²) in [6.45, 7) is 1.73. The second-order valence-electron chi connectivity index (χ2n) is 4.91. The molecule has 2 aromatic heterocycles. The molecule has 0 radical (unpaired) electrons. The highest BCUT2D eigenvalue weighted by atomic mass is 32.1. The Kier molecular flexibility index (Phi) is 3.75. The Hall–Kier alpha value is -1.46. The number of thiophene rings is 1. The van der Waals surface area contributed by atoms with E-state index in [-0.39, 0.29) is 0 Å². The van der Waals surface area contributed by atoms with Gasteiger partial charge in [-0.15, -0.1) is 0 Å². The number of hydrogen-bond donors (Lipinski definition) is 1. The lowest BCUT2D eigenvalue weighted by Gasteiger charge is -2.21. The van der Waals surface area contributed by atoms with Crippen molar-refractivity contribution in [1.82, 2.24) is 15.3 Å². The van der Waals surface area contributed by atoms with E-state index < -0.39 is 0 Å². The molecule has 4 nitrogen and oxygen atoms in total. The number of aromatic nitrogens is 2. The third-order valence-electron chi connectivity index (χ3n) is 3.25. The summed E-state index contributed by atoms with van der Waals surface area (Å²) in [7, 11) is 1.93. The first-order valence-electron chi connectivity index (χ1n) is 6.60. The fraction of sp³-hybridized carbons (Fsp3) is 0.429. The van der Waals surface area contributed by atoms with Gasteiger partial charge in [0.15, 0.2) is 0 Å².